The second-order valence-corrected chi connectivity index (χ2v) is 5.50. The zero-order valence-corrected chi connectivity index (χ0v) is 11.3. The minimum Gasteiger partial charge on any atom is -0.329 e. The van der Waals surface area contributed by atoms with Crippen molar-refractivity contribution in [3.05, 3.63) is 34.3 Å². The molecule has 1 saturated carbocycles. The first-order chi connectivity index (χ1) is 7.72. The molecule has 1 aromatic carbocycles. The average Bonchev–Trinajstić information content (AvgIpc) is 3.07. The Labute approximate surface area is 106 Å². The highest BCUT2D eigenvalue weighted by Gasteiger charge is 2.32. The fourth-order valence-electron chi connectivity index (χ4n) is 2.23. The van der Waals surface area contributed by atoms with Crippen LogP contribution in [0.4, 0.5) is 0 Å². The predicted molar refractivity (Wildman–Crippen MR) is 71.2 cm³/mol. The Morgan fingerprint density at radius 3 is 2.69 bits per heavy atom. The van der Waals surface area contributed by atoms with Crippen LogP contribution in [-0.2, 0) is 6.54 Å². The van der Waals surface area contributed by atoms with Crippen LogP contribution in [0.2, 0.25) is 0 Å². The van der Waals surface area contributed by atoms with E-state index >= 15 is 0 Å². The van der Waals surface area contributed by atoms with E-state index in [1.165, 1.54) is 22.9 Å². The molecule has 0 amide bonds. The fraction of sp³-hybridized carbons (Fsp3) is 0.538. The molecule has 16 heavy (non-hydrogen) atoms. The third-order valence-electron chi connectivity index (χ3n) is 3.35. The lowest BCUT2D eigenvalue weighted by Gasteiger charge is -2.27. The summed E-state index contributed by atoms with van der Waals surface area (Å²) in [6, 6.07) is 8.95. The maximum absolute atomic E-state index is 5.85. The molecular weight excluding hydrogens is 264 g/mol. The van der Waals surface area contributed by atoms with Crippen molar-refractivity contribution in [2.24, 2.45) is 11.7 Å². The molecule has 0 spiro atoms. The first-order valence-electron chi connectivity index (χ1n) is 5.86. The second kappa shape index (κ2) is 5.30. The van der Waals surface area contributed by atoms with Gasteiger partial charge in [0.25, 0.3) is 0 Å². The molecule has 0 heterocycles. The second-order valence-electron chi connectivity index (χ2n) is 4.65. The monoisotopic (exact) mass is 282 g/mol. The van der Waals surface area contributed by atoms with E-state index in [1.54, 1.807) is 0 Å². The van der Waals surface area contributed by atoms with Gasteiger partial charge in [0.2, 0.25) is 0 Å². The summed E-state index contributed by atoms with van der Waals surface area (Å²) >= 11 is 3.59. The van der Waals surface area contributed by atoms with Gasteiger partial charge >= 0.3 is 0 Å². The van der Waals surface area contributed by atoms with E-state index in [0.717, 1.165) is 19.0 Å². The minimum atomic E-state index is 0.548. The fourth-order valence-corrected chi connectivity index (χ4v) is 2.64. The topological polar surface area (TPSA) is 29.3 Å². The molecule has 88 valence electrons. The lowest BCUT2D eigenvalue weighted by Crippen LogP contribution is -2.39. The maximum atomic E-state index is 5.85. The first kappa shape index (κ1) is 12.1. The van der Waals surface area contributed by atoms with Crippen molar-refractivity contribution in [3.8, 4) is 0 Å². The van der Waals surface area contributed by atoms with Gasteiger partial charge in [-0.15, -0.1) is 0 Å². The number of hydrogen-bond acceptors (Lipinski definition) is 2. The number of benzene rings is 1. The Hall–Kier alpha value is -0.380. The SMILES string of the molecule is CN(Cc1ccccc1Br)C(CN)C1CC1. The maximum Gasteiger partial charge on any atom is 0.0247 e. The van der Waals surface area contributed by atoms with Crippen molar-refractivity contribution in [1.29, 1.82) is 0 Å². The van der Waals surface area contributed by atoms with E-state index in [1.807, 2.05) is 0 Å². The molecule has 1 aliphatic rings. The van der Waals surface area contributed by atoms with Gasteiger partial charge in [0.05, 0.1) is 0 Å². The predicted octanol–water partition coefficient (Wildman–Crippen LogP) is 2.62. The molecule has 0 bridgehead atoms. The smallest absolute Gasteiger partial charge is 0.0247 e. The van der Waals surface area contributed by atoms with Crippen LogP contribution >= 0.6 is 15.9 Å². The molecule has 1 atom stereocenters. The molecule has 2 N–H and O–H groups in total. The molecule has 0 aliphatic heterocycles. The van der Waals surface area contributed by atoms with Gasteiger partial charge in [-0.3, -0.25) is 4.90 Å². The van der Waals surface area contributed by atoms with Gasteiger partial charge < -0.3 is 5.73 Å². The number of rotatable bonds is 5. The van der Waals surface area contributed by atoms with Gasteiger partial charge in [-0.1, -0.05) is 34.1 Å². The highest BCUT2D eigenvalue weighted by Crippen LogP contribution is 2.35. The Kier molecular flexibility index (Phi) is 4.00. The molecule has 3 heteroatoms. The molecule has 0 saturated heterocycles. The first-order valence-corrected chi connectivity index (χ1v) is 6.65. The Bertz CT molecular complexity index is 350. The third kappa shape index (κ3) is 2.84. The van der Waals surface area contributed by atoms with Crippen LogP contribution in [0.1, 0.15) is 18.4 Å². The Morgan fingerprint density at radius 1 is 1.44 bits per heavy atom. The van der Waals surface area contributed by atoms with Crippen molar-refractivity contribution < 1.29 is 0 Å². The van der Waals surface area contributed by atoms with Gasteiger partial charge in [0, 0.05) is 23.6 Å². The molecule has 1 fully saturated rings. The molecule has 0 radical (unpaired) electrons. The summed E-state index contributed by atoms with van der Waals surface area (Å²) < 4.78 is 1.19. The van der Waals surface area contributed by atoms with Gasteiger partial charge in [0.15, 0.2) is 0 Å². The number of nitrogens with two attached hydrogens (primary N) is 1. The lowest BCUT2D eigenvalue weighted by molar-refractivity contribution is 0.215. The van der Waals surface area contributed by atoms with Crippen molar-refractivity contribution >= 4 is 15.9 Å². The molecule has 2 rings (SSSR count). The molecule has 0 aromatic heterocycles. The van der Waals surface area contributed by atoms with E-state index in [2.05, 4.69) is 52.1 Å². The Balaban J connectivity index is 2.00. The summed E-state index contributed by atoms with van der Waals surface area (Å²) in [5.74, 6) is 0.831. The van der Waals surface area contributed by atoms with E-state index in [0.29, 0.717) is 6.04 Å². The van der Waals surface area contributed by atoms with E-state index in [4.69, 9.17) is 5.73 Å². The van der Waals surface area contributed by atoms with Crippen LogP contribution in [0.3, 0.4) is 0 Å². The molecule has 1 aromatic rings. The summed E-state index contributed by atoms with van der Waals surface area (Å²) in [4.78, 5) is 2.39. The quantitative estimate of drug-likeness (QED) is 0.900. The van der Waals surface area contributed by atoms with Crippen molar-refractivity contribution in [2.45, 2.75) is 25.4 Å². The zero-order chi connectivity index (χ0) is 11.5. The highest BCUT2D eigenvalue weighted by atomic mass is 79.9. The number of nitrogens with zero attached hydrogens (tertiary/aromatic N) is 1. The van der Waals surface area contributed by atoms with Crippen LogP contribution in [0.15, 0.2) is 28.7 Å². The van der Waals surface area contributed by atoms with E-state index in [-0.39, 0.29) is 0 Å². The van der Waals surface area contributed by atoms with Crippen LogP contribution in [-0.4, -0.2) is 24.5 Å². The summed E-state index contributed by atoms with van der Waals surface area (Å²) in [6.45, 7) is 1.74. The van der Waals surface area contributed by atoms with Crippen molar-refractivity contribution in [1.82, 2.24) is 4.90 Å². The van der Waals surface area contributed by atoms with Crippen molar-refractivity contribution in [3.63, 3.8) is 0 Å². The summed E-state index contributed by atoms with van der Waals surface area (Å²) in [5.41, 5.74) is 7.19. The van der Waals surface area contributed by atoms with Crippen LogP contribution in [0.25, 0.3) is 0 Å². The van der Waals surface area contributed by atoms with Crippen LogP contribution in [0.5, 0.6) is 0 Å². The van der Waals surface area contributed by atoms with E-state index < -0.39 is 0 Å². The molecule has 1 aliphatic carbocycles. The van der Waals surface area contributed by atoms with E-state index in [9.17, 15) is 0 Å². The van der Waals surface area contributed by atoms with Gasteiger partial charge in [-0.05, 0) is 37.4 Å². The van der Waals surface area contributed by atoms with Gasteiger partial charge in [0.1, 0.15) is 0 Å². The van der Waals surface area contributed by atoms with Gasteiger partial charge in [-0.25, -0.2) is 0 Å². The molecule has 1 unspecified atom stereocenters. The van der Waals surface area contributed by atoms with Crippen LogP contribution in [0, 0.1) is 5.92 Å². The van der Waals surface area contributed by atoms with Crippen molar-refractivity contribution in [2.75, 3.05) is 13.6 Å². The Morgan fingerprint density at radius 2 is 2.12 bits per heavy atom. The van der Waals surface area contributed by atoms with Crippen LogP contribution < -0.4 is 5.73 Å². The molecule has 2 nitrogen and oxygen atoms in total. The largest absolute Gasteiger partial charge is 0.329 e. The van der Waals surface area contributed by atoms with Gasteiger partial charge in [-0.2, -0.15) is 0 Å². The number of likely N-dealkylation sites (N-methyl/N-ethyl adjacent to an activating group) is 1. The standard InChI is InChI=1S/C13H19BrN2/c1-16(13(8-15)10-6-7-10)9-11-4-2-3-5-12(11)14/h2-5,10,13H,6-9,15H2,1H3. The lowest BCUT2D eigenvalue weighted by atomic mass is 10.1. The normalized spacial score (nSPS) is 17.8. The average molecular weight is 283 g/mol. The third-order valence-corrected chi connectivity index (χ3v) is 4.13. The molecular formula is C13H19BrN2. The highest BCUT2D eigenvalue weighted by molar-refractivity contribution is 9.10. The summed E-state index contributed by atoms with van der Waals surface area (Å²) in [6.07, 6.45) is 2.70. The number of hydrogen-bond donors (Lipinski definition) is 1. The number of halogens is 1. The zero-order valence-electron chi connectivity index (χ0n) is 9.70. The minimum absolute atomic E-state index is 0.548. The summed E-state index contributed by atoms with van der Waals surface area (Å²) in [7, 11) is 2.18. The summed E-state index contributed by atoms with van der Waals surface area (Å²) in [5, 5.41) is 0.